The van der Waals surface area contributed by atoms with E-state index >= 15 is 0 Å². The molecule has 5 heteroatoms. The van der Waals surface area contributed by atoms with Gasteiger partial charge in [-0.2, -0.15) is 0 Å². The van der Waals surface area contributed by atoms with E-state index in [4.69, 9.17) is 0 Å². The first-order valence-electron chi connectivity index (χ1n) is 9.10. The normalized spacial score (nSPS) is 11.2. The molecule has 2 heterocycles. The van der Waals surface area contributed by atoms with Gasteiger partial charge < -0.3 is 14.9 Å². The molecule has 0 fully saturated rings. The second kappa shape index (κ2) is 6.39. The van der Waals surface area contributed by atoms with Crippen LogP contribution in [0.1, 0.15) is 10.4 Å². The van der Waals surface area contributed by atoms with E-state index in [0.29, 0.717) is 5.56 Å². The molecule has 0 unspecified atom stereocenters. The zero-order chi connectivity index (χ0) is 19.1. The first kappa shape index (κ1) is 16.3. The average Bonchev–Trinajstić information content (AvgIpc) is 3.30. The monoisotopic (exact) mass is 366 g/mol. The molecule has 2 N–H and O–H groups in total. The zero-order valence-corrected chi connectivity index (χ0v) is 15.3. The molecule has 5 rings (SSSR count). The lowest BCUT2D eigenvalue weighted by atomic mass is 10.1. The molecule has 0 saturated heterocycles. The molecule has 3 aromatic carbocycles. The molecule has 0 aliphatic heterocycles. The highest BCUT2D eigenvalue weighted by Crippen LogP contribution is 2.24. The van der Waals surface area contributed by atoms with Gasteiger partial charge in [0.2, 0.25) is 0 Å². The van der Waals surface area contributed by atoms with Crippen LogP contribution in [0.15, 0.2) is 79.0 Å². The van der Waals surface area contributed by atoms with Crippen molar-refractivity contribution in [2.75, 3.05) is 5.32 Å². The number of aryl methyl sites for hydroxylation is 1. The minimum absolute atomic E-state index is 0.117. The van der Waals surface area contributed by atoms with E-state index in [2.05, 4.69) is 15.3 Å². The number of hydrogen-bond acceptors (Lipinski definition) is 2. The summed E-state index contributed by atoms with van der Waals surface area (Å²) in [6.45, 7) is 0. The molecule has 2 aromatic heterocycles. The molecule has 0 radical (unpaired) electrons. The summed E-state index contributed by atoms with van der Waals surface area (Å²) >= 11 is 0. The summed E-state index contributed by atoms with van der Waals surface area (Å²) in [6, 6.07) is 23.5. The molecule has 0 spiro atoms. The number of carbonyl (C=O) groups is 1. The number of amides is 1. The first-order valence-corrected chi connectivity index (χ1v) is 9.10. The van der Waals surface area contributed by atoms with E-state index in [1.54, 1.807) is 0 Å². The number of hydrogen-bond donors (Lipinski definition) is 2. The summed E-state index contributed by atoms with van der Waals surface area (Å²) < 4.78 is 1.97. The Morgan fingerprint density at radius 1 is 0.964 bits per heavy atom. The molecule has 0 aliphatic carbocycles. The lowest BCUT2D eigenvalue weighted by Gasteiger charge is -2.05. The van der Waals surface area contributed by atoms with Crippen LogP contribution in [0.5, 0.6) is 0 Å². The topological polar surface area (TPSA) is 62.7 Å². The van der Waals surface area contributed by atoms with Gasteiger partial charge in [0.15, 0.2) is 0 Å². The number of para-hydroxylation sites is 3. The van der Waals surface area contributed by atoms with Crippen molar-refractivity contribution in [1.82, 2.24) is 14.5 Å². The number of benzene rings is 3. The smallest absolute Gasteiger partial charge is 0.257 e. The van der Waals surface area contributed by atoms with Gasteiger partial charge in [-0.1, -0.05) is 30.3 Å². The Morgan fingerprint density at radius 3 is 2.54 bits per heavy atom. The minimum atomic E-state index is -0.117. The number of carbonyl (C=O) groups excluding carboxylic acids is 1. The number of aromatic amines is 1. The SMILES string of the molecule is Cn1cc(C(=O)Nc2ccc(-c3nc4ccccc4[nH]3)cc2)c2ccccc21. The fourth-order valence-electron chi connectivity index (χ4n) is 3.52. The number of nitrogens with one attached hydrogen (secondary N) is 2. The van der Waals surface area contributed by atoms with Crippen LogP contribution in [-0.2, 0) is 7.05 Å². The van der Waals surface area contributed by atoms with Crippen LogP contribution in [0.25, 0.3) is 33.3 Å². The third kappa shape index (κ3) is 2.74. The third-order valence-corrected chi connectivity index (χ3v) is 4.95. The second-order valence-electron chi connectivity index (χ2n) is 6.80. The average molecular weight is 366 g/mol. The maximum atomic E-state index is 12.8. The molecule has 136 valence electrons. The Labute approximate surface area is 161 Å². The predicted molar refractivity (Wildman–Crippen MR) is 112 cm³/mol. The van der Waals surface area contributed by atoms with Gasteiger partial charge >= 0.3 is 0 Å². The molecule has 0 bridgehead atoms. The van der Waals surface area contributed by atoms with Crippen molar-refractivity contribution in [1.29, 1.82) is 0 Å². The highest BCUT2D eigenvalue weighted by Gasteiger charge is 2.14. The summed E-state index contributed by atoms with van der Waals surface area (Å²) in [7, 11) is 1.95. The van der Waals surface area contributed by atoms with Gasteiger partial charge in [-0.3, -0.25) is 4.79 Å². The number of fused-ring (bicyclic) bond motifs is 2. The molecule has 1 amide bonds. The van der Waals surface area contributed by atoms with Crippen molar-refractivity contribution in [3.63, 3.8) is 0 Å². The van der Waals surface area contributed by atoms with E-state index in [-0.39, 0.29) is 5.91 Å². The Hall–Kier alpha value is -3.86. The molecule has 0 saturated carbocycles. The third-order valence-electron chi connectivity index (χ3n) is 4.95. The standard InChI is InChI=1S/C23H18N4O/c1-27-14-18(17-6-2-5-9-21(17)27)23(28)24-16-12-10-15(11-13-16)22-25-19-7-3-4-8-20(19)26-22/h2-14H,1H3,(H,24,28)(H,25,26). The number of aromatic nitrogens is 3. The maximum Gasteiger partial charge on any atom is 0.257 e. The number of H-pyrrole nitrogens is 1. The van der Waals surface area contributed by atoms with E-state index in [1.807, 2.05) is 90.6 Å². The fraction of sp³-hybridized carbons (Fsp3) is 0.0435. The van der Waals surface area contributed by atoms with Crippen LogP contribution in [-0.4, -0.2) is 20.4 Å². The Kier molecular flexibility index (Phi) is 3.72. The van der Waals surface area contributed by atoms with Crippen molar-refractivity contribution in [3.8, 4) is 11.4 Å². The molecule has 5 nitrogen and oxygen atoms in total. The van der Waals surface area contributed by atoms with Gasteiger partial charge in [-0.25, -0.2) is 4.98 Å². The van der Waals surface area contributed by atoms with Gasteiger partial charge in [0.05, 0.1) is 16.6 Å². The van der Waals surface area contributed by atoms with Crippen LogP contribution < -0.4 is 5.32 Å². The van der Waals surface area contributed by atoms with Crippen molar-refractivity contribution < 1.29 is 4.79 Å². The van der Waals surface area contributed by atoms with Gasteiger partial charge in [-0.05, 0) is 42.5 Å². The lowest BCUT2D eigenvalue weighted by Crippen LogP contribution is -2.11. The molecular formula is C23H18N4O. The molecule has 28 heavy (non-hydrogen) atoms. The number of imidazole rings is 1. The zero-order valence-electron chi connectivity index (χ0n) is 15.3. The fourth-order valence-corrected chi connectivity index (χ4v) is 3.52. The highest BCUT2D eigenvalue weighted by molar-refractivity contribution is 6.13. The highest BCUT2D eigenvalue weighted by atomic mass is 16.1. The van der Waals surface area contributed by atoms with Gasteiger partial charge in [0.1, 0.15) is 5.82 Å². The van der Waals surface area contributed by atoms with E-state index in [0.717, 1.165) is 39.0 Å². The van der Waals surface area contributed by atoms with Crippen molar-refractivity contribution in [3.05, 3.63) is 84.6 Å². The Balaban J connectivity index is 1.40. The van der Waals surface area contributed by atoms with E-state index in [1.165, 1.54) is 0 Å². The number of anilines is 1. The molecule has 0 atom stereocenters. The van der Waals surface area contributed by atoms with Crippen molar-refractivity contribution in [2.45, 2.75) is 0 Å². The lowest BCUT2D eigenvalue weighted by molar-refractivity contribution is 0.102. The predicted octanol–water partition coefficient (Wildman–Crippen LogP) is 4.97. The van der Waals surface area contributed by atoms with Crippen molar-refractivity contribution in [2.24, 2.45) is 7.05 Å². The Bertz CT molecular complexity index is 1280. The van der Waals surface area contributed by atoms with Crippen LogP contribution in [0.4, 0.5) is 5.69 Å². The van der Waals surface area contributed by atoms with Gasteiger partial charge in [-0.15, -0.1) is 0 Å². The van der Waals surface area contributed by atoms with Gasteiger partial charge in [0.25, 0.3) is 5.91 Å². The largest absolute Gasteiger partial charge is 0.350 e. The summed E-state index contributed by atoms with van der Waals surface area (Å²) in [6.07, 6.45) is 1.86. The molecular weight excluding hydrogens is 348 g/mol. The number of rotatable bonds is 3. The van der Waals surface area contributed by atoms with E-state index < -0.39 is 0 Å². The van der Waals surface area contributed by atoms with Crippen LogP contribution in [0, 0.1) is 0 Å². The molecule has 0 aliphatic rings. The summed E-state index contributed by atoms with van der Waals surface area (Å²) in [5.74, 6) is 0.696. The summed E-state index contributed by atoms with van der Waals surface area (Å²) in [5, 5.41) is 3.93. The minimum Gasteiger partial charge on any atom is -0.350 e. The maximum absolute atomic E-state index is 12.8. The summed E-state index contributed by atoms with van der Waals surface area (Å²) in [5.41, 5.74) is 5.36. The molecule has 5 aromatic rings. The first-order chi connectivity index (χ1) is 13.7. The van der Waals surface area contributed by atoms with Crippen molar-refractivity contribution >= 4 is 33.5 Å². The summed E-state index contributed by atoms with van der Waals surface area (Å²) in [4.78, 5) is 20.7. The Morgan fingerprint density at radius 2 is 1.71 bits per heavy atom. The quantitative estimate of drug-likeness (QED) is 0.473. The van der Waals surface area contributed by atoms with E-state index in [9.17, 15) is 4.79 Å². The second-order valence-corrected chi connectivity index (χ2v) is 6.80. The van der Waals surface area contributed by atoms with Crippen LogP contribution in [0.2, 0.25) is 0 Å². The van der Waals surface area contributed by atoms with Gasteiger partial charge in [0, 0.05) is 35.4 Å². The van der Waals surface area contributed by atoms with Crippen LogP contribution in [0.3, 0.4) is 0 Å². The number of nitrogens with zero attached hydrogens (tertiary/aromatic N) is 2. The van der Waals surface area contributed by atoms with Crippen LogP contribution >= 0.6 is 0 Å².